The lowest BCUT2D eigenvalue weighted by Crippen LogP contribution is -2.46. The second kappa shape index (κ2) is 6.71. The lowest BCUT2D eigenvalue weighted by atomic mass is 10.00. The molecule has 0 heterocycles. The van der Waals surface area contributed by atoms with Gasteiger partial charge in [0.15, 0.2) is 11.6 Å². The van der Waals surface area contributed by atoms with Gasteiger partial charge in [0.25, 0.3) is 0 Å². The van der Waals surface area contributed by atoms with Crippen molar-refractivity contribution in [2.75, 3.05) is 19.8 Å². The molecule has 1 rings (SSSR count). The second-order valence-corrected chi connectivity index (χ2v) is 4.73. The first-order valence-corrected chi connectivity index (χ1v) is 6.26. The van der Waals surface area contributed by atoms with E-state index in [1.165, 1.54) is 0 Å². The van der Waals surface area contributed by atoms with Gasteiger partial charge in [0.1, 0.15) is 0 Å². The number of hydrogen-bond acceptors (Lipinski definition) is 3. The SMILES string of the molecule is CCNC(C)(CO)CCOc1cccc(C)c1F. The zero-order valence-corrected chi connectivity index (χ0v) is 11.3. The standard InChI is InChI=1S/C14H22FNO2/c1-4-16-14(3,10-17)8-9-18-12-7-5-6-11(2)13(12)15/h5-7,16-17H,4,8-10H2,1-3H3. The number of likely N-dealkylation sites (N-methyl/N-ethyl adjacent to an activating group) is 1. The number of nitrogens with one attached hydrogen (secondary N) is 1. The lowest BCUT2D eigenvalue weighted by molar-refractivity contribution is 0.144. The molecule has 1 aromatic rings. The third-order valence-corrected chi connectivity index (χ3v) is 3.02. The largest absolute Gasteiger partial charge is 0.490 e. The molecule has 0 radical (unpaired) electrons. The van der Waals surface area contributed by atoms with Gasteiger partial charge in [-0.1, -0.05) is 19.1 Å². The average Bonchev–Trinajstić information content (AvgIpc) is 2.35. The van der Waals surface area contributed by atoms with Crippen molar-refractivity contribution in [2.45, 2.75) is 32.7 Å². The first-order valence-electron chi connectivity index (χ1n) is 6.26. The van der Waals surface area contributed by atoms with Gasteiger partial charge in [-0.2, -0.15) is 0 Å². The van der Waals surface area contributed by atoms with Crippen LogP contribution in [0.15, 0.2) is 18.2 Å². The monoisotopic (exact) mass is 255 g/mol. The van der Waals surface area contributed by atoms with Crippen LogP contribution in [0.25, 0.3) is 0 Å². The quantitative estimate of drug-likeness (QED) is 0.785. The Bertz CT molecular complexity index is 384. The summed E-state index contributed by atoms with van der Waals surface area (Å²) < 4.78 is 19.1. The number of aryl methyl sites for hydroxylation is 1. The molecular formula is C14H22FNO2. The van der Waals surface area contributed by atoms with Crippen molar-refractivity contribution in [3.63, 3.8) is 0 Å². The predicted octanol–water partition coefficient (Wildman–Crippen LogP) is 2.26. The Balaban J connectivity index is 2.53. The summed E-state index contributed by atoms with van der Waals surface area (Å²) in [7, 11) is 0. The highest BCUT2D eigenvalue weighted by Gasteiger charge is 2.21. The van der Waals surface area contributed by atoms with Crippen molar-refractivity contribution in [1.29, 1.82) is 0 Å². The summed E-state index contributed by atoms with van der Waals surface area (Å²) in [6, 6.07) is 5.09. The molecule has 18 heavy (non-hydrogen) atoms. The van der Waals surface area contributed by atoms with E-state index in [0.29, 0.717) is 18.6 Å². The van der Waals surface area contributed by atoms with Gasteiger partial charge >= 0.3 is 0 Å². The topological polar surface area (TPSA) is 41.5 Å². The Morgan fingerprint density at radius 3 is 2.78 bits per heavy atom. The Hall–Kier alpha value is -1.13. The van der Waals surface area contributed by atoms with Crippen LogP contribution in [0, 0.1) is 12.7 Å². The highest BCUT2D eigenvalue weighted by atomic mass is 19.1. The first-order chi connectivity index (χ1) is 8.52. The van der Waals surface area contributed by atoms with Crippen LogP contribution in [-0.2, 0) is 0 Å². The van der Waals surface area contributed by atoms with E-state index in [1.807, 2.05) is 13.8 Å². The minimum atomic E-state index is -0.380. The van der Waals surface area contributed by atoms with Gasteiger partial charge in [0.2, 0.25) is 0 Å². The molecule has 1 unspecified atom stereocenters. The average molecular weight is 255 g/mol. The van der Waals surface area contributed by atoms with Crippen molar-refractivity contribution in [1.82, 2.24) is 5.32 Å². The molecule has 0 aliphatic carbocycles. The fourth-order valence-corrected chi connectivity index (χ4v) is 1.77. The third kappa shape index (κ3) is 3.96. The minimum absolute atomic E-state index is 0.0283. The van der Waals surface area contributed by atoms with Gasteiger partial charge in [0, 0.05) is 12.0 Å². The summed E-state index contributed by atoms with van der Waals surface area (Å²) in [6.07, 6.45) is 0.616. The van der Waals surface area contributed by atoms with Gasteiger partial charge in [0.05, 0.1) is 13.2 Å². The van der Waals surface area contributed by atoms with E-state index in [9.17, 15) is 9.50 Å². The van der Waals surface area contributed by atoms with Crippen LogP contribution in [0.4, 0.5) is 4.39 Å². The molecule has 0 aliphatic rings. The van der Waals surface area contributed by atoms with Crippen LogP contribution in [-0.4, -0.2) is 30.4 Å². The smallest absolute Gasteiger partial charge is 0.167 e. The molecule has 0 aliphatic heterocycles. The number of aliphatic hydroxyl groups excluding tert-OH is 1. The van der Waals surface area contributed by atoms with Gasteiger partial charge in [-0.15, -0.1) is 0 Å². The fraction of sp³-hybridized carbons (Fsp3) is 0.571. The minimum Gasteiger partial charge on any atom is -0.490 e. The summed E-state index contributed by atoms with van der Waals surface area (Å²) >= 11 is 0. The van der Waals surface area contributed by atoms with Gasteiger partial charge in [-0.3, -0.25) is 0 Å². The Morgan fingerprint density at radius 1 is 1.44 bits per heavy atom. The molecular weight excluding hydrogens is 233 g/mol. The summed E-state index contributed by atoms with van der Waals surface area (Å²) in [5.74, 6) is -0.0431. The molecule has 0 saturated carbocycles. The lowest BCUT2D eigenvalue weighted by Gasteiger charge is -2.28. The van der Waals surface area contributed by atoms with E-state index in [2.05, 4.69) is 5.32 Å². The summed E-state index contributed by atoms with van der Waals surface area (Å²) in [4.78, 5) is 0. The van der Waals surface area contributed by atoms with Crippen molar-refractivity contribution in [3.8, 4) is 5.75 Å². The molecule has 0 bridgehead atoms. The van der Waals surface area contributed by atoms with E-state index in [-0.39, 0.29) is 23.7 Å². The number of rotatable bonds is 7. The number of benzene rings is 1. The summed E-state index contributed by atoms with van der Waals surface area (Å²) in [5.41, 5.74) is 0.193. The van der Waals surface area contributed by atoms with E-state index in [0.717, 1.165) is 6.54 Å². The second-order valence-electron chi connectivity index (χ2n) is 4.73. The Kier molecular flexibility index (Phi) is 5.56. The highest BCUT2D eigenvalue weighted by molar-refractivity contribution is 5.30. The molecule has 1 atom stereocenters. The van der Waals surface area contributed by atoms with Gasteiger partial charge in [-0.25, -0.2) is 4.39 Å². The van der Waals surface area contributed by atoms with E-state index >= 15 is 0 Å². The number of hydrogen-bond donors (Lipinski definition) is 2. The maximum Gasteiger partial charge on any atom is 0.167 e. The van der Waals surface area contributed by atoms with Crippen molar-refractivity contribution < 1.29 is 14.2 Å². The van der Waals surface area contributed by atoms with Crippen LogP contribution in [0.5, 0.6) is 5.75 Å². The summed E-state index contributed by atoms with van der Waals surface area (Å²) in [5, 5.41) is 12.5. The molecule has 0 saturated heterocycles. The van der Waals surface area contributed by atoms with E-state index in [4.69, 9.17) is 4.74 Å². The molecule has 3 nitrogen and oxygen atoms in total. The molecule has 0 fully saturated rings. The van der Waals surface area contributed by atoms with Gasteiger partial charge < -0.3 is 15.2 Å². The number of halogens is 1. The van der Waals surface area contributed by atoms with Crippen molar-refractivity contribution in [2.24, 2.45) is 0 Å². The molecule has 0 amide bonds. The maximum atomic E-state index is 13.7. The highest BCUT2D eigenvalue weighted by Crippen LogP contribution is 2.20. The summed E-state index contributed by atoms with van der Waals surface area (Å²) in [6.45, 7) is 6.78. The normalized spacial score (nSPS) is 14.3. The fourth-order valence-electron chi connectivity index (χ4n) is 1.77. The van der Waals surface area contributed by atoms with Crippen molar-refractivity contribution in [3.05, 3.63) is 29.6 Å². The van der Waals surface area contributed by atoms with Crippen LogP contribution in [0.1, 0.15) is 25.8 Å². The zero-order valence-electron chi connectivity index (χ0n) is 11.3. The van der Waals surface area contributed by atoms with Crippen LogP contribution in [0.3, 0.4) is 0 Å². The third-order valence-electron chi connectivity index (χ3n) is 3.02. The van der Waals surface area contributed by atoms with Crippen LogP contribution < -0.4 is 10.1 Å². The molecule has 2 N–H and O–H groups in total. The molecule has 0 aromatic heterocycles. The molecule has 4 heteroatoms. The van der Waals surface area contributed by atoms with Crippen LogP contribution >= 0.6 is 0 Å². The van der Waals surface area contributed by atoms with Crippen molar-refractivity contribution >= 4 is 0 Å². The van der Waals surface area contributed by atoms with E-state index < -0.39 is 0 Å². The molecule has 1 aromatic carbocycles. The Morgan fingerprint density at radius 2 is 2.17 bits per heavy atom. The van der Waals surface area contributed by atoms with Gasteiger partial charge in [-0.05, 0) is 32.0 Å². The maximum absolute atomic E-state index is 13.7. The molecule has 0 spiro atoms. The molecule has 102 valence electrons. The predicted molar refractivity (Wildman–Crippen MR) is 70.4 cm³/mol. The van der Waals surface area contributed by atoms with Crippen LogP contribution in [0.2, 0.25) is 0 Å². The first kappa shape index (κ1) is 14.9. The number of aliphatic hydroxyl groups is 1. The Labute approximate surface area is 108 Å². The van der Waals surface area contributed by atoms with E-state index in [1.54, 1.807) is 25.1 Å². The zero-order chi connectivity index (χ0) is 13.6. The number of ether oxygens (including phenoxy) is 1.